The second-order valence-electron chi connectivity index (χ2n) is 7.64. The van der Waals surface area contributed by atoms with E-state index in [0.29, 0.717) is 6.54 Å². The first-order valence-corrected chi connectivity index (χ1v) is 10.9. The van der Waals surface area contributed by atoms with Crippen LogP contribution in [-0.2, 0) is 13.0 Å². The molecule has 31 heavy (non-hydrogen) atoms. The number of aromatic amines is 1. The summed E-state index contributed by atoms with van der Waals surface area (Å²) in [5.41, 5.74) is 5.57. The number of carbonyl (C=O) groups is 1. The van der Waals surface area contributed by atoms with Crippen molar-refractivity contribution in [1.29, 1.82) is 0 Å². The third-order valence-electron chi connectivity index (χ3n) is 5.54. The maximum atomic E-state index is 12.4. The molecule has 3 aromatic rings. The first-order chi connectivity index (χ1) is 15.0. The molecule has 2 aromatic carbocycles. The number of hydrogen-bond donors (Lipinski definition) is 3. The highest BCUT2D eigenvalue weighted by molar-refractivity contribution is 5.94. The highest BCUT2D eigenvalue weighted by Gasteiger charge is 2.12. The highest BCUT2D eigenvalue weighted by Crippen LogP contribution is 2.19. The van der Waals surface area contributed by atoms with Gasteiger partial charge in [0.2, 0.25) is 0 Å². The van der Waals surface area contributed by atoms with E-state index in [1.54, 1.807) is 7.05 Å². The van der Waals surface area contributed by atoms with Crippen LogP contribution in [0.5, 0.6) is 0 Å². The molecule has 0 atom stereocenters. The molecule has 1 aromatic heterocycles. The molecule has 3 N–H and O–H groups in total. The predicted molar refractivity (Wildman–Crippen MR) is 129 cm³/mol. The molecule has 3 rings (SSSR count). The molecule has 1 amide bonds. The molecule has 0 saturated heterocycles. The highest BCUT2D eigenvalue weighted by atomic mass is 16.2. The molecule has 0 aliphatic rings. The van der Waals surface area contributed by atoms with Gasteiger partial charge in [0, 0.05) is 55.9 Å². The lowest BCUT2D eigenvalue weighted by atomic mass is 10.1. The van der Waals surface area contributed by atoms with Crippen LogP contribution in [0.15, 0.2) is 53.7 Å². The van der Waals surface area contributed by atoms with Gasteiger partial charge in [0.15, 0.2) is 5.96 Å². The van der Waals surface area contributed by atoms with Gasteiger partial charge in [-0.3, -0.25) is 9.79 Å². The van der Waals surface area contributed by atoms with Gasteiger partial charge in [0.25, 0.3) is 5.91 Å². The number of H-pyrrole nitrogens is 1. The predicted octanol–water partition coefficient (Wildman–Crippen LogP) is 3.87. The number of carbonyl (C=O) groups excluding carboxylic acids is 1. The average Bonchev–Trinajstić information content (AvgIpc) is 3.19. The maximum Gasteiger partial charge on any atom is 0.253 e. The Bertz CT molecular complexity index is 1030. The van der Waals surface area contributed by atoms with E-state index >= 15 is 0 Å². The topological polar surface area (TPSA) is 72.5 Å². The monoisotopic (exact) mass is 419 g/mol. The Hall–Kier alpha value is -3.28. The van der Waals surface area contributed by atoms with Gasteiger partial charge in [-0.15, -0.1) is 0 Å². The Morgan fingerprint density at radius 2 is 1.81 bits per heavy atom. The van der Waals surface area contributed by atoms with Crippen LogP contribution < -0.4 is 10.6 Å². The second kappa shape index (κ2) is 10.7. The summed E-state index contributed by atoms with van der Waals surface area (Å²) in [6.45, 7) is 8.98. The van der Waals surface area contributed by atoms with Crippen LogP contribution in [0.25, 0.3) is 10.9 Å². The molecular formula is C25H33N5O. The zero-order valence-electron chi connectivity index (χ0n) is 19.0. The normalized spacial score (nSPS) is 11.5. The number of nitrogens with one attached hydrogen (secondary N) is 3. The van der Waals surface area contributed by atoms with E-state index in [0.717, 1.165) is 43.1 Å². The van der Waals surface area contributed by atoms with Crippen molar-refractivity contribution in [3.05, 3.63) is 70.9 Å². The first kappa shape index (κ1) is 22.4. The summed E-state index contributed by atoms with van der Waals surface area (Å²) < 4.78 is 0. The van der Waals surface area contributed by atoms with Crippen molar-refractivity contribution < 1.29 is 4.79 Å². The van der Waals surface area contributed by atoms with Gasteiger partial charge < -0.3 is 20.5 Å². The molecule has 0 saturated carbocycles. The fourth-order valence-corrected chi connectivity index (χ4v) is 3.69. The minimum atomic E-state index is 0.0782. The zero-order chi connectivity index (χ0) is 22.2. The van der Waals surface area contributed by atoms with Crippen molar-refractivity contribution in [2.45, 2.75) is 33.7 Å². The van der Waals surface area contributed by atoms with Crippen molar-refractivity contribution in [2.75, 3.05) is 26.7 Å². The lowest BCUT2D eigenvalue weighted by Crippen LogP contribution is -2.37. The lowest BCUT2D eigenvalue weighted by Gasteiger charge is -2.18. The van der Waals surface area contributed by atoms with Crippen LogP contribution >= 0.6 is 0 Å². The summed E-state index contributed by atoms with van der Waals surface area (Å²) in [5.74, 6) is 0.841. The van der Waals surface area contributed by atoms with Crippen LogP contribution in [0.3, 0.4) is 0 Å². The summed E-state index contributed by atoms with van der Waals surface area (Å²) in [7, 11) is 1.77. The van der Waals surface area contributed by atoms with Gasteiger partial charge in [-0.2, -0.15) is 0 Å². The third kappa shape index (κ3) is 5.66. The largest absolute Gasteiger partial charge is 0.361 e. The van der Waals surface area contributed by atoms with Crippen LogP contribution in [-0.4, -0.2) is 48.4 Å². The molecular weight excluding hydrogens is 386 g/mol. The summed E-state index contributed by atoms with van der Waals surface area (Å²) in [6.07, 6.45) is 2.99. The molecule has 1 heterocycles. The lowest BCUT2D eigenvalue weighted by molar-refractivity contribution is 0.0773. The Labute approximate surface area is 184 Å². The minimum Gasteiger partial charge on any atom is -0.361 e. The van der Waals surface area contributed by atoms with Crippen molar-refractivity contribution >= 4 is 22.8 Å². The maximum absolute atomic E-state index is 12.4. The van der Waals surface area contributed by atoms with Crippen molar-refractivity contribution in [3.63, 3.8) is 0 Å². The number of guanidine groups is 1. The van der Waals surface area contributed by atoms with E-state index in [-0.39, 0.29) is 5.91 Å². The Kier molecular flexibility index (Phi) is 7.70. The van der Waals surface area contributed by atoms with Crippen LogP contribution in [0.4, 0.5) is 0 Å². The van der Waals surface area contributed by atoms with Gasteiger partial charge in [0.1, 0.15) is 0 Å². The standard InChI is InChI=1S/C25H33N5O/c1-5-30(6-2)24(31)20-10-8-19(9-11-20)16-29-25(26-4)27-14-13-21-17-28-23-15-18(3)7-12-22(21)23/h7-12,15,17,28H,5-6,13-14,16H2,1-4H3,(H2,26,27,29). The molecule has 0 aliphatic carbocycles. The molecule has 0 bridgehead atoms. The zero-order valence-corrected chi connectivity index (χ0v) is 19.0. The van der Waals surface area contributed by atoms with Gasteiger partial charge in [-0.05, 0) is 62.1 Å². The number of rotatable bonds is 8. The van der Waals surface area contributed by atoms with E-state index in [1.807, 2.05) is 43.0 Å². The van der Waals surface area contributed by atoms with Crippen molar-refractivity contribution in [3.8, 4) is 0 Å². The Balaban J connectivity index is 1.49. The number of hydrogen-bond acceptors (Lipinski definition) is 2. The van der Waals surface area contributed by atoms with Gasteiger partial charge in [0.05, 0.1) is 0 Å². The number of aliphatic imine (C=N–C) groups is 1. The summed E-state index contributed by atoms with van der Waals surface area (Å²) in [5, 5.41) is 7.99. The van der Waals surface area contributed by atoms with Crippen molar-refractivity contribution in [2.24, 2.45) is 4.99 Å². The number of aryl methyl sites for hydroxylation is 1. The molecule has 0 fully saturated rings. The smallest absolute Gasteiger partial charge is 0.253 e. The molecule has 0 unspecified atom stereocenters. The van der Waals surface area contributed by atoms with E-state index < -0.39 is 0 Å². The van der Waals surface area contributed by atoms with Crippen molar-refractivity contribution in [1.82, 2.24) is 20.5 Å². The first-order valence-electron chi connectivity index (χ1n) is 10.9. The Morgan fingerprint density at radius 1 is 1.06 bits per heavy atom. The number of nitrogens with zero attached hydrogens (tertiary/aromatic N) is 2. The van der Waals surface area contributed by atoms with E-state index in [2.05, 4.69) is 51.9 Å². The van der Waals surface area contributed by atoms with Gasteiger partial charge >= 0.3 is 0 Å². The van der Waals surface area contributed by atoms with Crippen LogP contribution in [0.1, 0.15) is 40.9 Å². The van der Waals surface area contributed by atoms with E-state index in [1.165, 1.54) is 22.0 Å². The number of amides is 1. The molecule has 0 radical (unpaired) electrons. The van der Waals surface area contributed by atoms with E-state index in [4.69, 9.17) is 0 Å². The Morgan fingerprint density at radius 3 is 2.48 bits per heavy atom. The number of benzene rings is 2. The fraction of sp³-hybridized carbons (Fsp3) is 0.360. The third-order valence-corrected chi connectivity index (χ3v) is 5.54. The summed E-state index contributed by atoms with van der Waals surface area (Å²) >= 11 is 0. The quantitative estimate of drug-likeness (QED) is 0.383. The number of aromatic nitrogens is 1. The van der Waals surface area contributed by atoms with Crippen LogP contribution in [0, 0.1) is 6.92 Å². The second-order valence-corrected chi connectivity index (χ2v) is 7.64. The SMILES string of the molecule is CCN(CC)C(=O)c1ccc(CNC(=NC)NCCc2c[nH]c3cc(C)ccc23)cc1. The molecule has 0 spiro atoms. The molecule has 6 heteroatoms. The summed E-state index contributed by atoms with van der Waals surface area (Å²) in [4.78, 5) is 21.9. The minimum absolute atomic E-state index is 0.0782. The molecule has 164 valence electrons. The molecule has 0 aliphatic heterocycles. The fourth-order valence-electron chi connectivity index (χ4n) is 3.69. The van der Waals surface area contributed by atoms with E-state index in [9.17, 15) is 4.79 Å². The van der Waals surface area contributed by atoms with Gasteiger partial charge in [-0.25, -0.2) is 0 Å². The van der Waals surface area contributed by atoms with Crippen LogP contribution in [0.2, 0.25) is 0 Å². The average molecular weight is 420 g/mol. The summed E-state index contributed by atoms with van der Waals surface area (Å²) in [6, 6.07) is 14.3. The number of fused-ring (bicyclic) bond motifs is 1. The van der Waals surface area contributed by atoms with Gasteiger partial charge in [-0.1, -0.05) is 24.3 Å². The molecule has 6 nitrogen and oxygen atoms in total.